The van der Waals surface area contributed by atoms with E-state index in [0.717, 1.165) is 31.4 Å². The summed E-state index contributed by atoms with van der Waals surface area (Å²) in [5.41, 5.74) is 11.3. The number of halogens is 2. The highest BCUT2D eigenvalue weighted by molar-refractivity contribution is 14.1. The van der Waals surface area contributed by atoms with Gasteiger partial charge in [-0.25, -0.2) is 0 Å². The Morgan fingerprint density at radius 3 is 1.72 bits per heavy atom. The minimum atomic E-state index is -1.05. The fourth-order valence-electron chi connectivity index (χ4n) is 6.70. The van der Waals surface area contributed by atoms with Gasteiger partial charge in [-0.3, -0.25) is 68.1 Å². The van der Waals surface area contributed by atoms with Gasteiger partial charge in [0.15, 0.2) is 11.4 Å². The van der Waals surface area contributed by atoms with E-state index < -0.39 is 29.0 Å². The summed E-state index contributed by atoms with van der Waals surface area (Å²) in [4.78, 5) is 73.5. The number of fused-ring (bicyclic) bond motifs is 5. The number of amides is 1. The molecule has 2 aliphatic rings. The first-order chi connectivity index (χ1) is 34.2. The molecule has 24 heteroatoms. The number of aliphatic imine (C=N–C) groups is 2. The second-order valence-electron chi connectivity index (χ2n) is 17.4. The molecule has 0 aliphatic carbocycles. The number of rotatable bonds is 7. The smallest absolute Gasteiger partial charge is 0.328 e. The molecule has 10 rings (SSSR count). The van der Waals surface area contributed by atoms with Gasteiger partial charge in [-0.2, -0.15) is 20.6 Å². The molecule has 0 saturated carbocycles. The average Bonchev–Trinajstić information content (AvgIpc) is 4.17. The number of carboxylic acid groups (broad SMARTS) is 1. The summed E-state index contributed by atoms with van der Waals surface area (Å²) in [6, 6.07) is 11.1. The molecule has 0 radical (unpaired) electrons. The van der Waals surface area contributed by atoms with Gasteiger partial charge in [-0.1, -0.05) is 0 Å². The summed E-state index contributed by atoms with van der Waals surface area (Å²) < 4.78 is 16.7. The van der Waals surface area contributed by atoms with Crippen LogP contribution in [0, 0.1) is 15.0 Å². The lowest BCUT2D eigenvalue weighted by molar-refractivity contribution is -0.156. The molecule has 2 aliphatic heterocycles. The van der Waals surface area contributed by atoms with Crippen molar-refractivity contribution in [2.45, 2.75) is 85.5 Å². The first kappa shape index (κ1) is 53.7. The Hall–Kier alpha value is -7.67. The number of aromatic nitrogens is 11. The van der Waals surface area contributed by atoms with E-state index in [2.05, 4.69) is 95.4 Å². The van der Waals surface area contributed by atoms with Crippen molar-refractivity contribution in [3.05, 3.63) is 130 Å². The highest BCUT2D eigenvalue weighted by atomic mass is 127. The number of nitrogens with zero attached hydrogens (tertiary/aromatic N) is 14. The second kappa shape index (κ2) is 24.0. The Morgan fingerprint density at radius 2 is 1.17 bits per heavy atom. The van der Waals surface area contributed by atoms with E-state index in [1.54, 1.807) is 74.8 Å². The molecule has 72 heavy (non-hydrogen) atoms. The Balaban J connectivity index is 0.000000151. The summed E-state index contributed by atoms with van der Waals surface area (Å²) in [6.07, 6.45) is 18.7. The van der Waals surface area contributed by atoms with Gasteiger partial charge < -0.3 is 20.3 Å². The molecule has 3 N–H and O–H groups in total. The molecular formula is C48H47I2N15O7. The van der Waals surface area contributed by atoms with Crippen molar-refractivity contribution in [3.63, 3.8) is 0 Å². The van der Waals surface area contributed by atoms with Gasteiger partial charge in [0, 0.05) is 88.0 Å². The minimum Gasteiger partial charge on any atom is -0.480 e. The Labute approximate surface area is 439 Å². The summed E-state index contributed by atoms with van der Waals surface area (Å²) in [7, 11) is 0. The Morgan fingerprint density at radius 1 is 0.667 bits per heavy atom. The van der Waals surface area contributed by atoms with Crippen molar-refractivity contribution in [2.24, 2.45) is 15.7 Å². The molecule has 0 saturated heterocycles. The molecule has 0 atom stereocenters. The quantitative estimate of drug-likeness (QED) is 0.128. The summed E-state index contributed by atoms with van der Waals surface area (Å²) in [5.74, 6) is -2.44. The van der Waals surface area contributed by atoms with E-state index in [9.17, 15) is 19.2 Å². The predicted molar refractivity (Wildman–Crippen MR) is 282 cm³/mol. The van der Waals surface area contributed by atoms with Crippen LogP contribution >= 0.6 is 45.2 Å². The van der Waals surface area contributed by atoms with Crippen molar-refractivity contribution in [1.29, 1.82) is 5.26 Å². The Bertz CT molecular complexity index is 3380. The highest BCUT2D eigenvalue weighted by Gasteiger charge is 2.21. The van der Waals surface area contributed by atoms with Crippen LogP contribution in [0.1, 0.15) is 80.0 Å². The van der Waals surface area contributed by atoms with Crippen LogP contribution in [-0.4, -0.2) is 104 Å². The van der Waals surface area contributed by atoms with Crippen LogP contribution in [0.25, 0.3) is 32.7 Å². The summed E-state index contributed by atoms with van der Waals surface area (Å²) >= 11 is 4.39. The van der Waals surface area contributed by atoms with Crippen molar-refractivity contribution >= 4 is 112 Å². The fraction of sp³-hybridized carbons (Fsp3) is 0.271. The number of hydrogen-bond acceptors (Lipinski definition) is 17. The average molecular weight is 1200 g/mol. The number of nitriles is 1. The zero-order valence-electron chi connectivity index (χ0n) is 39.8. The number of ether oxygens (including phenoxy) is 2. The molecule has 0 fully saturated rings. The van der Waals surface area contributed by atoms with Crippen molar-refractivity contribution < 1.29 is 33.8 Å². The van der Waals surface area contributed by atoms with Crippen LogP contribution in [0.4, 0.5) is 0 Å². The summed E-state index contributed by atoms with van der Waals surface area (Å²) in [5, 5.41) is 32.1. The molecule has 10 heterocycles. The third-order valence-corrected chi connectivity index (χ3v) is 11.3. The lowest BCUT2D eigenvalue weighted by Gasteiger charge is -2.19. The highest BCUT2D eigenvalue weighted by Crippen LogP contribution is 2.22. The van der Waals surface area contributed by atoms with E-state index in [4.69, 9.17) is 25.6 Å². The maximum absolute atomic E-state index is 11.8. The first-order valence-corrected chi connectivity index (χ1v) is 23.9. The number of carbonyl (C=O) groups excluding carboxylic acids is 3. The van der Waals surface area contributed by atoms with Crippen LogP contribution in [0.15, 0.2) is 102 Å². The zero-order chi connectivity index (χ0) is 52.2. The molecule has 0 spiro atoms. The molecule has 8 aromatic heterocycles. The maximum Gasteiger partial charge on any atom is 0.328 e. The molecule has 22 nitrogen and oxygen atoms in total. The predicted octanol–water partition coefficient (Wildman–Crippen LogP) is 6.43. The SMILES string of the molecule is C1=NCc2cnccc21.CC(C)(C)OC(=O)Cn1nc(C#N)c2ccncc21.CC(C)(C)OC(=O)Cn1nc(I)c2ccncc21.IC1=NCc2cnccc21.NC(=O)c1nn(CC(=O)O)c2cnccc12. The third kappa shape index (κ3) is 14.7. The lowest BCUT2D eigenvalue weighted by atomic mass is 10.2. The zero-order valence-corrected chi connectivity index (χ0v) is 44.1. The van der Waals surface area contributed by atoms with Crippen LogP contribution in [0.2, 0.25) is 0 Å². The van der Waals surface area contributed by atoms with Gasteiger partial charge in [0.1, 0.15) is 44.3 Å². The number of pyridine rings is 5. The van der Waals surface area contributed by atoms with Gasteiger partial charge in [-0.15, -0.1) is 0 Å². The minimum absolute atomic E-state index is 0.0405. The van der Waals surface area contributed by atoms with Crippen LogP contribution in [0.3, 0.4) is 0 Å². The standard InChI is InChI=1S/C13H14N4O2.C12H14IN3O2.C9H8N4O3.C7H5IN2.C7H6N2/c1-13(2,3)19-12(18)8-17-11-7-15-5-4-9(11)10(6-14)16-17;1-12(2,3)18-10(17)7-16-9-6-14-5-4-8(9)11(13)15-16;10-9(16)8-5-1-2-11-3-6(5)13(12-8)4-7(14)15;8-7-6-1-2-9-3-5(6)4-10-7;1-2-8-4-7-5-9-3-6(1)7/h4-5,7H,8H2,1-3H3;4-6H,7H2,1-3H3;1-3H,4H2,(H2,10,16)(H,14,15);1-3H,4H2;1-4H,5H2. The topological polar surface area (TPSA) is 299 Å². The number of hydrogen-bond donors (Lipinski definition) is 2. The number of esters is 2. The number of aliphatic carboxylic acids is 1. The van der Waals surface area contributed by atoms with E-state index >= 15 is 0 Å². The summed E-state index contributed by atoms with van der Waals surface area (Å²) in [6.45, 7) is 12.3. The number of primary amides is 1. The fourth-order valence-corrected chi connectivity index (χ4v) is 8.11. The van der Waals surface area contributed by atoms with Crippen molar-refractivity contribution in [1.82, 2.24) is 54.3 Å². The van der Waals surface area contributed by atoms with E-state index in [1.807, 2.05) is 63.6 Å². The van der Waals surface area contributed by atoms with E-state index in [-0.39, 0.29) is 37.0 Å². The maximum atomic E-state index is 11.8. The number of nitrogens with two attached hydrogens (primary N) is 1. The monoisotopic (exact) mass is 1200 g/mol. The molecule has 370 valence electrons. The lowest BCUT2D eigenvalue weighted by Crippen LogP contribution is -2.26. The first-order valence-electron chi connectivity index (χ1n) is 21.7. The van der Waals surface area contributed by atoms with Gasteiger partial charge in [0.05, 0.1) is 48.2 Å². The van der Waals surface area contributed by atoms with Gasteiger partial charge >= 0.3 is 17.9 Å². The number of carboxylic acids is 1. The van der Waals surface area contributed by atoms with Crippen LogP contribution in [-0.2, 0) is 56.6 Å². The van der Waals surface area contributed by atoms with Crippen LogP contribution in [0.5, 0.6) is 0 Å². The normalized spacial score (nSPS) is 12.0. The molecule has 0 unspecified atom stereocenters. The second-order valence-corrected chi connectivity index (χ2v) is 19.4. The number of carbonyl (C=O) groups is 4. The van der Waals surface area contributed by atoms with Gasteiger partial charge in [0.25, 0.3) is 5.91 Å². The van der Waals surface area contributed by atoms with Crippen molar-refractivity contribution in [3.8, 4) is 6.07 Å². The van der Waals surface area contributed by atoms with E-state index in [1.165, 1.54) is 44.0 Å². The Kier molecular flexibility index (Phi) is 17.9. The molecule has 1 amide bonds. The van der Waals surface area contributed by atoms with Crippen LogP contribution < -0.4 is 5.73 Å². The molecule has 8 aromatic rings. The van der Waals surface area contributed by atoms with Gasteiger partial charge in [-0.05, 0) is 117 Å². The molecule has 0 aromatic carbocycles. The molecular weight excluding hydrogens is 1150 g/mol. The van der Waals surface area contributed by atoms with Gasteiger partial charge in [0.2, 0.25) is 0 Å². The molecule has 0 bridgehead atoms. The third-order valence-electron chi connectivity index (χ3n) is 9.59. The largest absolute Gasteiger partial charge is 0.480 e. The van der Waals surface area contributed by atoms with E-state index in [0.29, 0.717) is 21.8 Å². The van der Waals surface area contributed by atoms with Crippen molar-refractivity contribution in [2.75, 3.05) is 0 Å².